The number of ether oxygens (including phenoxy) is 1. The quantitative estimate of drug-likeness (QED) is 0.531. The van der Waals surface area contributed by atoms with Gasteiger partial charge in [0.2, 0.25) is 5.88 Å². The summed E-state index contributed by atoms with van der Waals surface area (Å²) in [6.07, 6.45) is 2.27. The van der Waals surface area contributed by atoms with Gasteiger partial charge in [-0.25, -0.2) is 15.0 Å². The maximum absolute atomic E-state index is 13.8. The van der Waals surface area contributed by atoms with Crippen LogP contribution in [0.1, 0.15) is 40.7 Å². The number of benzene rings is 1. The molecule has 3 fully saturated rings. The van der Waals surface area contributed by atoms with E-state index in [1.807, 2.05) is 30.0 Å². The van der Waals surface area contributed by atoms with Gasteiger partial charge in [-0.05, 0) is 50.3 Å². The molecule has 1 unspecified atom stereocenters. The normalized spacial score (nSPS) is 21.6. The summed E-state index contributed by atoms with van der Waals surface area (Å²) in [6, 6.07) is 9.45. The lowest BCUT2D eigenvalue weighted by Gasteiger charge is -2.53. The van der Waals surface area contributed by atoms with Crippen LogP contribution in [0.2, 0.25) is 0 Å². The third-order valence-electron chi connectivity index (χ3n) is 6.54. The van der Waals surface area contributed by atoms with E-state index in [9.17, 15) is 18.0 Å². The second kappa shape index (κ2) is 8.70. The van der Waals surface area contributed by atoms with E-state index in [2.05, 4.69) is 15.0 Å². The molecule has 4 heterocycles. The topological polar surface area (TPSA) is 68.2 Å². The van der Waals surface area contributed by atoms with Crippen LogP contribution in [0, 0.1) is 12.8 Å². The zero-order valence-electron chi connectivity index (χ0n) is 18.5. The molecule has 3 aromatic rings. The minimum Gasteiger partial charge on any atom is -0.475 e. The molecule has 2 saturated heterocycles. The minimum atomic E-state index is -4.45. The number of halogens is 3. The monoisotopic (exact) mass is 468 g/mol. The largest absolute Gasteiger partial charge is 0.475 e. The number of carbonyl (C=O) groups excluding carboxylic acids is 1. The zero-order valence-corrected chi connectivity index (χ0v) is 18.5. The molecule has 6 rings (SSSR count). The molecule has 6 nitrogen and oxygen atoms in total. The fourth-order valence-corrected chi connectivity index (χ4v) is 4.82. The maximum Gasteiger partial charge on any atom is 0.417 e. The van der Waals surface area contributed by atoms with Gasteiger partial charge in [0.15, 0.2) is 5.82 Å². The first-order valence-electron chi connectivity index (χ1n) is 11.2. The molecule has 1 aromatic carbocycles. The summed E-state index contributed by atoms with van der Waals surface area (Å²) < 4.78 is 44.1. The molecule has 1 aliphatic carbocycles. The van der Waals surface area contributed by atoms with Gasteiger partial charge in [-0.3, -0.25) is 4.79 Å². The molecular weight excluding hydrogens is 445 g/mol. The Bertz CT molecular complexity index is 1180. The van der Waals surface area contributed by atoms with Crippen LogP contribution >= 0.6 is 0 Å². The Morgan fingerprint density at radius 3 is 2.53 bits per heavy atom. The number of nitrogens with zero attached hydrogens (tertiary/aromatic N) is 4. The van der Waals surface area contributed by atoms with Crippen LogP contribution in [0.5, 0.6) is 5.88 Å². The van der Waals surface area contributed by atoms with Gasteiger partial charge in [-0.2, -0.15) is 13.2 Å². The van der Waals surface area contributed by atoms with Crippen molar-refractivity contribution in [2.75, 3.05) is 6.61 Å². The Morgan fingerprint density at radius 1 is 1.09 bits per heavy atom. The first-order chi connectivity index (χ1) is 16.3. The van der Waals surface area contributed by atoms with E-state index in [4.69, 9.17) is 4.74 Å². The number of alkyl halides is 3. The molecule has 9 heteroatoms. The summed E-state index contributed by atoms with van der Waals surface area (Å²) in [4.78, 5) is 28.1. The average molecular weight is 468 g/mol. The number of fused-ring (bicyclic) bond motifs is 2. The van der Waals surface area contributed by atoms with Crippen molar-refractivity contribution in [2.45, 2.75) is 44.4 Å². The Balaban J connectivity index is 1.38. The predicted octanol–water partition coefficient (Wildman–Crippen LogP) is 4.94. The number of rotatable bonds is 5. The lowest BCUT2D eigenvalue weighted by Crippen LogP contribution is -2.60. The van der Waals surface area contributed by atoms with Crippen LogP contribution in [-0.2, 0) is 6.18 Å². The molecule has 3 aliphatic rings. The van der Waals surface area contributed by atoms with Crippen molar-refractivity contribution in [3.63, 3.8) is 0 Å². The first kappa shape index (κ1) is 22.3. The van der Waals surface area contributed by atoms with Gasteiger partial charge >= 0.3 is 6.18 Å². The SMILES string of the molecule is Cc1ccc(-c2ncccn2)c(C(=O)N2C(COc3ccc(C(F)(F)F)cn3)CC3CC2C3)c1. The Morgan fingerprint density at radius 2 is 1.85 bits per heavy atom. The molecule has 1 amide bonds. The molecule has 34 heavy (non-hydrogen) atoms. The van der Waals surface area contributed by atoms with E-state index >= 15 is 0 Å². The van der Waals surface area contributed by atoms with E-state index < -0.39 is 11.7 Å². The molecule has 1 atom stereocenters. The second-order valence-electron chi connectivity index (χ2n) is 8.91. The minimum absolute atomic E-state index is 0.105. The summed E-state index contributed by atoms with van der Waals surface area (Å²) in [5.74, 6) is 1.01. The number of carbonyl (C=O) groups is 1. The number of aryl methyl sites for hydroxylation is 1. The van der Waals surface area contributed by atoms with E-state index in [0.29, 0.717) is 22.9 Å². The third-order valence-corrected chi connectivity index (χ3v) is 6.54. The highest BCUT2D eigenvalue weighted by Gasteiger charge is 2.47. The highest BCUT2D eigenvalue weighted by molar-refractivity contribution is 6.00. The molecule has 2 aliphatic heterocycles. The fraction of sp³-hybridized carbons (Fsp3) is 0.360. The molecule has 0 radical (unpaired) electrons. The van der Waals surface area contributed by atoms with E-state index in [1.165, 1.54) is 6.07 Å². The van der Waals surface area contributed by atoms with Crippen molar-refractivity contribution in [2.24, 2.45) is 5.92 Å². The molecule has 0 spiro atoms. The van der Waals surface area contributed by atoms with Gasteiger partial charge in [0, 0.05) is 36.3 Å². The van der Waals surface area contributed by atoms with Crippen molar-refractivity contribution >= 4 is 5.91 Å². The van der Waals surface area contributed by atoms with Crippen LogP contribution in [0.25, 0.3) is 11.4 Å². The van der Waals surface area contributed by atoms with Crippen molar-refractivity contribution in [1.29, 1.82) is 0 Å². The Hall–Kier alpha value is -3.49. The summed E-state index contributed by atoms with van der Waals surface area (Å²) in [5, 5.41) is 0. The first-order valence-corrected chi connectivity index (χ1v) is 11.2. The van der Waals surface area contributed by atoms with Crippen molar-refractivity contribution in [3.8, 4) is 17.3 Å². The van der Waals surface area contributed by atoms with Crippen LogP contribution in [0.15, 0.2) is 55.0 Å². The van der Waals surface area contributed by atoms with E-state index in [-0.39, 0.29) is 30.5 Å². The smallest absolute Gasteiger partial charge is 0.417 e. The van der Waals surface area contributed by atoms with Crippen LogP contribution < -0.4 is 4.74 Å². The summed E-state index contributed by atoms with van der Waals surface area (Å²) in [5.41, 5.74) is 1.33. The third kappa shape index (κ3) is 4.34. The number of aromatic nitrogens is 3. The van der Waals surface area contributed by atoms with Gasteiger partial charge < -0.3 is 9.64 Å². The number of hydrogen-bond donors (Lipinski definition) is 0. The van der Waals surface area contributed by atoms with Gasteiger partial charge in [0.1, 0.15) is 6.61 Å². The van der Waals surface area contributed by atoms with Crippen LogP contribution in [0.3, 0.4) is 0 Å². The molecule has 2 aromatic heterocycles. The van der Waals surface area contributed by atoms with Crippen molar-refractivity contribution in [3.05, 3.63) is 71.7 Å². The van der Waals surface area contributed by atoms with Crippen LogP contribution in [-0.4, -0.2) is 44.4 Å². The lowest BCUT2D eigenvalue weighted by molar-refractivity contribution is -0.137. The standard InChI is InChI=1S/C25H23F3N4O2/c1-15-3-5-20(23-29-7-2-8-30-23)21(9-15)24(33)32-18-10-16(11-18)12-19(32)14-34-22-6-4-17(13-31-22)25(26,27)28/h2-9,13,16,18-19H,10-12,14H2,1H3. The summed E-state index contributed by atoms with van der Waals surface area (Å²) >= 11 is 0. The number of pyridine rings is 1. The van der Waals surface area contributed by atoms with Crippen LogP contribution in [0.4, 0.5) is 13.2 Å². The fourth-order valence-electron chi connectivity index (χ4n) is 4.82. The lowest BCUT2D eigenvalue weighted by atomic mass is 9.70. The molecular formula is C25H23F3N4O2. The zero-order chi connectivity index (χ0) is 23.9. The van der Waals surface area contributed by atoms with Gasteiger partial charge in [0.05, 0.1) is 17.2 Å². The van der Waals surface area contributed by atoms with E-state index in [0.717, 1.165) is 37.1 Å². The maximum atomic E-state index is 13.8. The summed E-state index contributed by atoms with van der Waals surface area (Å²) in [6.45, 7) is 2.10. The molecule has 176 valence electrons. The van der Waals surface area contributed by atoms with Crippen molar-refractivity contribution in [1.82, 2.24) is 19.9 Å². The Labute approximate surface area is 194 Å². The average Bonchev–Trinajstić information content (AvgIpc) is 2.81. The van der Waals surface area contributed by atoms with Gasteiger partial charge in [-0.15, -0.1) is 0 Å². The molecule has 1 saturated carbocycles. The van der Waals surface area contributed by atoms with Gasteiger partial charge in [0.25, 0.3) is 5.91 Å². The number of piperidine rings is 2. The predicted molar refractivity (Wildman–Crippen MR) is 118 cm³/mol. The Kier molecular flexibility index (Phi) is 5.71. The molecule has 0 N–H and O–H groups in total. The highest BCUT2D eigenvalue weighted by atomic mass is 19.4. The number of hydrogen-bond acceptors (Lipinski definition) is 5. The highest BCUT2D eigenvalue weighted by Crippen LogP contribution is 2.44. The number of amides is 1. The second-order valence-corrected chi connectivity index (χ2v) is 8.91. The van der Waals surface area contributed by atoms with Crippen molar-refractivity contribution < 1.29 is 22.7 Å². The van der Waals surface area contributed by atoms with E-state index in [1.54, 1.807) is 18.5 Å². The van der Waals surface area contributed by atoms with Gasteiger partial charge in [-0.1, -0.05) is 17.7 Å². The molecule has 2 bridgehead atoms. The summed E-state index contributed by atoms with van der Waals surface area (Å²) in [7, 11) is 0.